The molecular weight excluding hydrogens is 194 g/mol. The summed E-state index contributed by atoms with van der Waals surface area (Å²) in [7, 11) is 0. The zero-order valence-corrected chi connectivity index (χ0v) is 9.81. The lowest BCUT2D eigenvalue weighted by atomic mass is 10.0. The summed E-state index contributed by atoms with van der Waals surface area (Å²) in [6, 6.07) is 11.1. The van der Waals surface area contributed by atoms with Crippen LogP contribution in [0, 0.1) is 17.8 Å². The third-order valence-corrected chi connectivity index (χ3v) is 4.53. The molecule has 1 aromatic rings. The zero-order chi connectivity index (χ0) is 11.0. The van der Waals surface area contributed by atoms with Gasteiger partial charge in [0.25, 0.3) is 0 Å². The highest BCUT2D eigenvalue weighted by atomic mass is 14.7. The van der Waals surface area contributed by atoms with Crippen LogP contribution in [0.5, 0.6) is 0 Å². The molecule has 3 unspecified atom stereocenters. The van der Waals surface area contributed by atoms with E-state index in [0.29, 0.717) is 6.04 Å². The molecule has 1 heteroatoms. The molecule has 16 heavy (non-hydrogen) atoms. The Labute approximate surface area is 98.0 Å². The molecule has 3 atom stereocenters. The van der Waals surface area contributed by atoms with E-state index in [4.69, 9.17) is 5.73 Å². The Morgan fingerprint density at radius 3 is 2.31 bits per heavy atom. The number of nitrogens with two attached hydrogens (primary N) is 1. The highest BCUT2D eigenvalue weighted by molar-refractivity contribution is 5.17. The second-order valence-electron chi connectivity index (χ2n) is 5.54. The predicted octanol–water partition coefficient (Wildman–Crippen LogP) is 2.99. The monoisotopic (exact) mass is 215 g/mol. The van der Waals surface area contributed by atoms with Crippen LogP contribution in [-0.4, -0.2) is 6.04 Å². The molecule has 0 spiro atoms. The molecule has 0 radical (unpaired) electrons. The minimum Gasteiger partial charge on any atom is -0.327 e. The fraction of sp³-hybridized carbons (Fsp3) is 0.600. The maximum atomic E-state index is 6.37. The summed E-state index contributed by atoms with van der Waals surface area (Å²) in [6.45, 7) is 0. The standard InChI is InChI=1S/C15H21N/c16-14(10-11-6-2-1-3-7-11)15-12-8-4-5-9-13(12)15/h1-3,6-7,12-15H,4-5,8-10,16H2. The van der Waals surface area contributed by atoms with Gasteiger partial charge in [-0.3, -0.25) is 0 Å². The van der Waals surface area contributed by atoms with Crippen LogP contribution in [0.2, 0.25) is 0 Å². The highest BCUT2D eigenvalue weighted by Crippen LogP contribution is 2.56. The zero-order valence-electron chi connectivity index (χ0n) is 9.81. The molecule has 0 saturated heterocycles. The number of rotatable bonds is 3. The van der Waals surface area contributed by atoms with Gasteiger partial charge in [-0.15, -0.1) is 0 Å². The number of benzene rings is 1. The van der Waals surface area contributed by atoms with Gasteiger partial charge in [0.1, 0.15) is 0 Å². The molecule has 86 valence electrons. The molecule has 2 saturated carbocycles. The molecule has 1 nitrogen and oxygen atoms in total. The molecule has 2 fully saturated rings. The van der Waals surface area contributed by atoms with Gasteiger partial charge in [0.05, 0.1) is 0 Å². The van der Waals surface area contributed by atoms with Crippen LogP contribution in [0.25, 0.3) is 0 Å². The lowest BCUT2D eigenvalue weighted by molar-refractivity contribution is 0.480. The maximum Gasteiger partial charge on any atom is 0.0113 e. The maximum absolute atomic E-state index is 6.37. The normalized spacial score (nSPS) is 34.2. The molecule has 3 rings (SSSR count). The van der Waals surface area contributed by atoms with Crippen LogP contribution < -0.4 is 5.73 Å². The molecule has 1 aromatic carbocycles. The molecule has 0 aliphatic heterocycles. The van der Waals surface area contributed by atoms with Gasteiger partial charge in [-0.1, -0.05) is 43.2 Å². The van der Waals surface area contributed by atoms with E-state index in [9.17, 15) is 0 Å². The third kappa shape index (κ3) is 1.89. The average molecular weight is 215 g/mol. The first-order valence-electron chi connectivity index (χ1n) is 6.66. The topological polar surface area (TPSA) is 26.0 Å². The van der Waals surface area contributed by atoms with Gasteiger partial charge < -0.3 is 5.73 Å². The van der Waals surface area contributed by atoms with Crippen molar-refractivity contribution >= 4 is 0 Å². The van der Waals surface area contributed by atoms with E-state index in [1.807, 2.05) is 0 Å². The summed E-state index contributed by atoms with van der Waals surface area (Å²) >= 11 is 0. The summed E-state index contributed by atoms with van der Waals surface area (Å²) in [4.78, 5) is 0. The largest absolute Gasteiger partial charge is 0.327 e. The lowest BCUT2D eigenvalue weighted by Crippen LogP contribution is -2.26. The SMILES string of the molecule is NC(Cc1ccccc1)C1C2CCCCC21. The second kappa shape index (κ2) is 4.21. The predicted molar refractivity (Wildman–Crippen MR) is 67.1 cm³/mol. The van der Waals surface area contributed by atoms with E-state index in [0.717, 1.165) is 24.2 Å². The summed E-state index contributed by atoms with van der Waals surface area (Å²) < 4.78 is 0. The Morgan fingerprint density at radius 2 is 1.69 bits per heavy atom. The van der Waals surface area contributed by atoms with Gasteiger partial charge in [0, 0.05) is 6.04 Å². The lowest BCUT2D eigenvalue weighted by Gasteiger charge is -2.11. The minimum atomic E-state index is 0.399. The van der Waals surface area contributed by atoms with Crippen LogP contribution in [0.1, 0.15) is 31.2 Å². The third-order valence-electron chi connectivity index (χ3n) is 4.53. The highest BCUT2D eigenvalue weighted by Gasteiger charge is 2.52. The van der Waals surface area contributed by atoms with Crippen LogP contribution in [0.3, 0.4) is 0 Å². The van der Waals surface area contributed by atoms with E-state index >= 15 is 0 Å². The summed E-state index contributed by atoms with van der Waals surface area (Å²) in [5.74, 6) is 2.79. The first kappa shape index (κ1) is 10.3. The van der Waals surface area contributed by atoms with Crippen LogP contribution in [0.4, 0.5) is 0 Å². The van der Waals surface area contributed by atoms with Crippen molar-refractivity contribution < 1.29 is 0 Å². The van der Waals surface area contributed by atoms with Crippen LogP contribution >= 0.6 is 0 Å². The van der Waals surface area contributed by atoms with Crippen molar-refractivity contribution in [3.63, 3.8) is 0 Å². The van der Waals surface area contributed by atoms with Crippen LogP contribution in [-0.2, 0) is 6.42 Å². The quantitative estimate of drug-likeness (QED) is 0.824. The first-order chi connectivity index (χ1) is 7.86. The van der Waals surface area contributed by atoms with E-state index in [1.54, 1.807) is 0 Å². The Kier molecular flexibility index (Phi) is 2.72. The fourth-order valence-corrected chi connectivity index (χ4v) is 3.71. The number of hydrogen-bond acceptors (Lipinski definition) is 1. The van der Waals surface area contributed by atoms with Crippen molar-refractivity contribution in [3.8, 4) is 0 Å². The van der Waals surface area contributed by atoms with Gasteiger partial charge in [-0.2, -0.15) is 0 Å². The van der Waals surface area contributed by atoms with Gasteiger partial charge >= 0.3 is 0 Å². The fourth-order valence-electron chi connectivity index (χ4n) is 3.71. The number of fused-ring (bicyclic) bond motifs is 1. The first-order valence-corrected chi connectivity index (χ1v) is 6.66. The molecule has 0 amide bonds. The van der Waals surface area contributed by atoms with E-state index in [-0.39, 0.29) is 0 Å². The molecular formula is C15H21N. The van der Waals surface area contributed by atoms with Gasteiger partial charge in [-0.05, 0) is 42.6 Å². The van der Waals surface area contributed by atoms with E-state index < -0.39 is 0 Å². The van der Waals surface area contributed by atoms with E-state index in [1.165, 1.54) is 31.2 Å². The molecule has 0 heterocycles. The molecule has 0 bridgehead atoms. The molecule has 2 aliphatic carbocycles. The Balaban J connectivity index is 1.60. The molecule has 2 N–H and O–H groups in total. The molecule has 0 aromatic heterocycles. The average Bonchev–Trinajstić information content (AvgIpc) is 3.04. The number of hydrogen-bond donors (Lipinski definition) is 1. The summed E-state index contributed by atoms with van der Waals surface area (Å²) in [5.41, 5.74) is 7.77. The minimum absolute atomic E-state index is 0.399. The van der Waals surface area contributed by atoms with Crippen molar-refractivity contribution in [3.05, 3.63) is 35.9 Å². The van der Waals surface area contributed by atoms with Gasteiger partial charge in [0.15, 0.2) is 0 Å². The van der Waals surface area contributed by atoms with Gasteiger partial charge in [-0.25, -0.2) is 0 Å². The summed E-state index contributed by atoms with van der Waals surface area (Å²) in [6.07, 6.45) is 6.83. The smallest absolute Gasteiger partial charge is 0.0113 e. The Morgan fingerprint density at radius 1 is 1.06 bits per heavy atom. The van der Waals surface area contributed by atoms with Crippen LogP contribution in [0.15, 0.2) is 30.3 Å². The van der Waals surface area contributed by atoms with Crippen molar-refractivity contribution in [2.75, 3.05) is 0 Å². The molecule has 2 aliphatic rings. The second-order valence-corrected chi connectivity index (χ2v) is 5.54. The van der Waals surface area contributed by atoms with E-state index in [2.05, 4.69) is 30.3 Å². The van der Waals surface area contributed by atoms with Gasteiger partial charge in [0.2, 0.25) is 0 Å². The van der Waals surface area contributed by atoms with Crippen molar-refractivity contribution in [1.82, 2.24) is 0 Å². The van der Waals surface area contributed by atoms with Crippen molar-refractivity contribution in [1.29, 1.82) is 0 Å². The van der Waals surface area contributed by atoms with Crippen molar-refractivity contribution in [2.45, 2.75) is 38.1 Å². The summed E-state index contributed by atoms with van der Waals surface area (Å²) in [5, 5.41) is 0. The Bertz CT molecular complexity index is 334. The van der Waals surface area contributed by atoms with Crippen molar-refractivity contribution in [2.24, 2.45) is 23.5 Å². The Hall–Kier alpha value is -0.820.